The van der Waals surface area contributed by atoms with Gasteiger partial charge in [0.05, 0.1) is 11.4 Å². The van der Waals surface area contributed by atoms with Crippen LogP contribution in [0.5, 0.6) is 0 Å². The van der Waals surface area contributed by atoms with Gasteiger partial charge in [0, 0.05) is 31.1 Å². The van der Waals surface area contributed by atoms with Crippen LogP contribution < -0.4 is 10.2 Å². The molecular weight excluding hydrogens is 360 g/mol. The quantitative estimate of drug-likeness (QED) is 0.617. The van der Waals surface area contributed by atoms with E-state index in [9.17, 15) is 13.6 Å². The van der Waals surface area contributed by atoms with E-state index in [1.54, 1.807) is 18.2 Å². The minimum absolute atomic E-state index is 0.268. The first-order valence-corrected chi connectivity index (χ1v) is 9.72. The van der Waals surface area contributed by atoms with Crippen molar-refractivity contribution in [2.45, 2.75) is 39.0 Å². The van der Waals surface area contributed by atoms with Crippen molar-refractivity contribution in [3.63, 3.8) is 0 Å². The maximum Gasteiger partial charge on any atom is 0.237 e. The van der Waals surface area contributed by atoms with Crippen molar-refractivity contribution in [3.05, 3.63) is 53.6 Å². The minimum atomic E-state index is -0.612. The fourth-order valence-electron chi connectivity index (χ4n) is 3.37. The summed E-state index contributed by atoms with van der Waals surface area (Å²) < 4.78 is 28.0. The van der Waals surface area contributed by atoms with Crippen molar-refractivity contribution in [3.8, 4) is 0 Å². The summed E-state index contributed by atoms with van der Waals surface area (Å²) in [5.74, 6) is -1.61. The van der Waals surface area contributed by atoms with Crippen LogP contribution in [0.2, 0.25) is 0 Å². The second-order valence-electron chi connectivity index (χ2n) is 6.95. The molecule has 0 saturated heterocycles. The Labute approximate surface area is 164 Å². The molecule has 2 aromatic carbocycles. The number of rotatable bonds is 8. The summed E-state index contributed by atoms with van der Waals surface area (Å²) in [5.41, 5.74) is 2.14. The average Bonchev–Trinajstić information content (AvgIpc) is 2.98. The van der Waals surface area contributed by atoms with Gasteiger partial charge in [0.15, 0.2) is 0 Å². The van der Waals surface area contributed by atoms with Gasteiger partial charge >= 0.3 is 0 Å². The van der Waals surface area contributed by atoms with Crippen molar-refractivity contribution >= 4 is 29.2 Å². The molecule has 148 valence electrons. The van der Waals surface area contributed by atoms with Crippen LogP contribution in [0.4, 0.5) is 25.8 Å². The van der Waals surface area contributed by atoms with Crippen molar-refractivity contribution in [1.82, 2.24) is 0 Å². The maximum absolute atomic E-state index is 14.7. The summed E-state index contributed by atoms with van der Waals surface area (Å²) in [6.45, 7) is 5.81. The van der Waals surface area contributed by atoms with Crippen molar-refractivity contribution < 1.29 is 13.6 Å². The number of carbonyl (C=O) groups is 1. The van der Waals surface area contributed by atoms with E-state index in [4.69, 9.17) is 0 Å². The standard InChI is InChI=1S/C22H25F2N3O/c1-3-5-11-27(10-4-2)21-9-7-16(13-19(21)24)25-14-18-17-8-6-15(23)12-20(17)26-22(18)28/h6-9,12-14,18H,3-5,10-11H2,1-2H3,(H,26,28). The van der Waals surface area contributed by atoms with E-state index < -0.39 is 11.7 Å². The lowest BCUT2D eigenvalue weighted by atomic mass is 10.0. The Kier molecular flexibility index (Phi) is 6.39. The van der Waals surface area contributed by atoms with Crippen LogP contribution in [0.15, 0.2) is 41.4 Å². The molecule has 4 nitrogen and oxygen atoms in total. The monoisotopic (exact) mass is 385 g/mol. The molecule has 6 heteroatoms. The first-order chi connectivity index (χ1) is 13.5. The highest BCUT2D eigenvalue weighted by Crippen LogP contribution is 2.32. The van der Waals surface area contributed by atoms with Gasteiger partial charge < -0.3 is 10.2 Å². The third kappa shape index (κ3) is 4.38. The number of halogens is 2. The van der Waals surface area contributed by atoms with Gasteiger partial charge in [0.25, 0.3) is 0 Å². The highest BCUT2D eigenvalue weighted by Gasteiger charge is 2.29. The average molecular weight is 385 g/mol. The molecule has 0 aliphatic carbocycles. The first-order valence-electron chi connectivity index (χ1n) is 9.72. The number of amides is 1. The molecule has 2 aromatic rings. The zero-order valence-electron chi connectivity index (χ0n) is 16.2. The van der Waals surface area contributed by atoms with Crippen LogP contribution in [0.3, 0.4) is 0 Å². The summed E-state index contributed by atoms with van der Waals surface area (Å²) in [5, 5.41) is 2.64. The number of nitrogens with one attached hydrogen (secondary N) is 1. The normalized spacial score (nSPS) is 15.7. The van der Waals surface area contributed by atoms with Gasteiger partial charge in [-0.15, -0.1) is 0 Å². The van der Waals surface area contributed by atoms with Gasteiger partial charge in [-0.05, 0) is 42.7 Å². The number of carbonyl (C=O) groups excluding carboxylic acids is 1. The third-order valence-electron chi connectivity index (χ3n) is 4.81. The number of anilines is 2. The zero-order valence-corrected chi connectivity index (χ0v) is 16.2. The Balaban J connectivity index is 1.78. The molecule has 0 fully saturated rings. The second kappa shape index (κ2) is 8.95. The Bertz CT molecular complexity index is 882. The molecule has 1 aliphatic heterocycles. The van der Waals surface area contributed by atoms with E-state index in [0.717, 1.165) is 32.4 Å². The Morgan fingerprint density at radius 1 is 1.11 bits per heavy atom. The van der Waals surface area contributed by atoms with E-state index in [-0.39, 0.29) is 11.7 Å². The van der Waals surface area contributed by atoms with Crippen LogP contribution in [0.25, 0.3) is 0 Å². The molecule has 1 atom stereocenters. The molecule has 28 heavy (non-hydrogen) atoms. The lowest BCUT2D eigenvalue weighted by Gasteiger charge is -2.24. The predicted molar refractivity (Wildman–Crippen MR) is 110 cm³/mol. The molecule has 1 amide bonds. The number of nitrogens with zero attached hydrogens (tertiary/aromatic N) is 2. The van der Waals surface area contributed by atoms with Gasteiger partial charge in [-0.2, -0.15) is 0 Å². The topological polar surface area (TPSA) is 44.7 Å². The van der Waals surface area contributed by atoms with E-state index in [1.165, 1.54) is 24.4 Å². The summed E-state index contributed by atoms with van der Waals surface area (Å²) in [7, 11) is 0. The Morgan fingerprint density at radius 2 is 1.93 bits per heavy atom. The largest absolute Gasteiger partial charge is 0.369 e. The molecule has 1 unspecified atom stereocenters. The molecular formula is C22H25F2N3O. The number of aliphatic imine (C=N–C) groups is 1. The van der Waals surface area contributed by atoms with Crippen LogP contribution >= 0.6 is 0 Å². The van der Waals surface area contributed by atoms with E-state index >= 15 is 0 Å². The number of hydrogen-bond acceptors (Lipinski definition) is 3. The van der Waals surface area contributed by atoms with Crippen molar-refractivity contribution in [2.24, 2.45) is 4.99 Å². The van der Waals surface area contributed by atoms with Crippen LogP contribution in [0.1, 0.15) is 44.6 Å². The highest BCUT2D eigenvalue weighted by molar-refractivity contribution is 6.12. The second-order valence-corrected chi connectivity index (χ2v) is 6.95. The Hall–Kier alpha value is -2.76. The smallest absolute Gasteiger partial charge is 0.237 e. The third-order valence-corrected chi connectivity index (χ3v) is 4.81. The van der Waals surface area contributed by atoms with Gasteiger partial charge in [-0.3, -0.25) is 9.79 Å². The number of unbranched alkanes of at least 4 members (excludes halogenated alkanes) is 1. The lowest BCUT2D eigenvalue weighted by Crippen LogP contribution is -2.26. The molecule has 3 rings (SSSR count). The molecule has 0 radical (unpaired) electrons. The van der Waals surface area contributed by atoms with Gasteiger partial charge in [0.2, 0.25) is 5.91 Å². The summed E-state index contributed by atoms with van der Waals surface area (Å²) >= 11 is 0. The number of hydrogen-bond donors (Lipinski definition) is 1. The van der Waals surface area contributed by atoms with E-state index in [2.05, 4.69) is 29.1 Å². The number of fused-ring (bicyclic) bond motifs is 1. The van der Waals surface area contributed by atoms with E-state index in [1.807, 2.05) is 0 Å². The predicted octanol–water partition coefficient (Wildman–Crippen LogP) is 5.42. The molecule has 0 spiro atoms. The van der Waals surface area contributed by atoms with Gasteiger partial charge in [0.1, 0.15) is 17.6 Å². The molecule has 1 heterocycles. The number of benzene rings is 2. The highest BCUT2D eigenvalue weighted by atomic mass is 19.1. The summed E-state index contributed by atoms with van der Waals surface area (Å²) in [6.07, 6.45) is 4.49. The van der Waals surface area contributed by atoms with E-state index in [0.29, 0.717) is 22.6 Å². The van der Waals surface area contributed by atoms with Crippen LogP contribution in [0, 0.1) is 11.6 Å². The zero-order chi connectivity index (χ0) is 20.1. The lowest BCUT2D eigenvalue weighted by molar-refractivity contribution is -0.115. The molecule has 0 bridgehead atoms. The fourth-order valence-corrected chi connectivity index (χ4v) is 3.37. The minimum Gasteiger partial charge on any atom is -0.369 e. The van der Waals surface area contributed by atoms with Crippen molar-refractivity contribution in [2.75, 3.05) is 23.3 Å². The first kappa shape index (κ1) is 20.0. The summed E-state index contributed by atoms with van der Waals surface area (Å²) in [4.78, 5) is 18.5. The van der Waals surface area contributed by atoms with Crippen LogP contribution in [-0.4, -0.2) is 25.2 Å². The molecule has 1 N–H and O–H groups in total. The SMILES string of the molecule is CCCCN(CCC)c1ccc(N=CC2C(=O)Nc3cc(F)ccc32)cc1F. The maximum atomic E-state index is 14.7. The molecule has 0 saturated carbocycles. The van der Waals surface area contributed by atoms with Gasteiger partial charge in [-0.1, -0.05) is 26.3 Å². The summed E-state index contributed by atoms with van der Waals surface area (Å²) in [6, 6.07) is 9.05. The fraction of sp³-hybridized carbons (Fsp3) is 0.364. The molecule has 1 aliphatic rings. The van der Waals surface area contributed by atoms with Gasteiger partial charge in [-0.25, -0.2) is 8.78 Å². The molecule has 0 aromatic heterocycles. The van der Waals surface area contributed by atoms with Crippen LogP contribution in [-0.2, 0) is 4.79 Å². The Morgan fingerprint density at radius 3 is 2.64 bits per heavy atom. The van der Waals surface area contributed by atoms with Crippen molar-refractivity contribution in [1.29, 1.82) is 0 Å².